The SMILES string of the molecule is CNC(=O)Nc1ccc(C)n(CC(=O)NCc2cc(F)ccc2F)c1=O. The van der Waals surface area contributed by atoms with Crippen molar-refractivity contribution in [3.63, 3.8) is 0 Å². The molecular weight excluding hydrogens is 346 g/mol. The smallest absolute Gasteiger partial charge is 0.319 e. The third kappa shape index (κ3) is 4.65. The largest absolute Gasteiger partial charge is 0.350 e. The molecule has 7 nitrogen and oxygen atoms in total. The number of nitrogens with one attached hydrogen (secondary N) is 3. The predicted octanol–water partition coefficient (Wildman–Crippen LogP) is 1.50. The van der Waals surface area contributed by atoms with E-state index in [2.05, 4.69) is 16.0 Å². The molecule has 0 saturated heterocycles. The van der Waals surface area contributed by atoms with Crippen LogP contribution in [0.2, 0.25) is 0 Å². The molecule has 9 heteroatoms. The second-order valence-electron chi connectivity index (χ2n) is 5.50. The maximum Gasteiger partial charge on any atom is 0.319 e. The summed E-state index contributed by atoms with van der Waals surface area (Å²) in [6, 6.07) is 5.38. The highest BCUT2D eigenvalue weighted by molar-refractivity contribution is 5.88. The zero-order valence-electron chi connectivity index (χ0n) is 14.2. The molecule has 1 heterocycles. The standard InChI is InChI=1S/C17H18F2N4O3/c1-10-3-6-14(22-17(26)20-2)16(25)23(10)9-15(24)21-8-11-7-12(18)4-5-13(11)19/h3-7H,8-9H2,1-2H3,(H,21,24)(H2,20,22,26). The molecule has 138 valence electrons. The van der Waals surface area contributed by atoms with Gasteiger partial charge in [-0.2, -0.15) is 0 Å². The summed E-state index contributed by atoms with van der Waals surface area (Å²) in [7, 11) is 1.40. The van der Waals surface area contributed by atoms with Gasteiger partial charge in [-0.1, -0.05) is 0 Å². The third-order valence-electron chi connectivity index (χ3n) is 3.65. The van der Waals surface area contributed by atoms with Gasteiger partial charge in [-0.25, -0.2) is 13.6 Å². The number of nitrogens with zero attached hydrogens (tertiary/aromatic N) is 1. The number of hydrogen-bond donors (Lipinski definition) is 3. The number of pyridine rings is 1. The quantitative estimate of drug-likeness (QED) is 0.751. The summed E-state index contributed by atoms with van der Waals surface area (Å²) >= 11 is 0. The first kappa shape index (κ1) is 19.1. The van der Waals surface area contributed by atoms with Crippen LogP contribution in [0.3, 0.4) is 0 Å². The Labute approximate surface area is 148 Å². The molecule has 0 aliphatic carbocycles. The summed E-state index contributed by atoms with van der Waals surface area (Å²) in [4.78, 5) is 35.8. The molecule has 1 aromatic carbocycles. The van der Waals surface area contributed by atoms with Crippen molar-refractivity contribution in [1.29, 1.82) is 0 Å². The Morgan fingerprint density at radius 2 is 1.88 bits per heavy atom. The number of anilines is 1. The molecule has 26 heavy (non-hydrogen) atoms. The van der Waals surface area contributed by atoms with E-state index in [1.807, 2.05) is 0 Å². The van der Waals surface area contributed by atoms with Gasteiger partial charge in [0, 0.05) is 24.8 Å². The van der Waals surface area contributed by atoms with Crippen molar-refractivity contribution in [1.82, 2.24) is 15.2 Å². The van der Waals surface area contributed by atoms with Crippen molar-refractivity contribution in [3.8, 4) is 0 Å². The van der Waals surface area contributed by atoms with E-state index in [0.717, 1.165) is 18.2 Å². The van der Waals surface area contributed by atoms with Gasteiger partial charge in [-0.3, -0.25) is 9.59 Å². The molecule has 0 spiro atoms. The highest BCUT2D eigenvalue weighted by Gasteiger charge is 2.12. The molecule has 0 atom stereocenters. The first-order valence-corrected chi connectivity index (χ1v) is 7.71. The van der Waals surface area contributed by atoms with Gasteiger partial charge < -0.3 is 20.5 Å². The normalized spacial score (nSPS) is 10.3. The lowest BCUT2D eigenvalue weighted by atomic mass is 10.2. The van der Waals surface area contributed by atoms with Gasteiger partial charge in [0.15, 0.2) is 0 Å². The topological polar surface area (TPSA) is 92.2 Å². The van der Waals surface area contributed by atoms with Gasteiger partial charge in [0.25, 0.3) is 5.56 Å². The van der Waals surface area contributed by atoms with Gasteiger partial charge in [0.2, 0.25) is 5.91 Å². The highest BCUT2D eigenvalue weighted by atomic mass is 19.1. The zero-order chi connectivity index (χ0) is 19.3. The Bertz CT molecular complexity index is 896. The molecule has 0 unspecified atom stereocenters. The molecule has 0 aliphatic heterocycles. The third-order valence-corrected chi connectivity index (χ3v) is 3.65. The molecule has 0 fully saturated rings. The average Bonchev–Trinajstić information content (AvgIpc) is 2.61. The molecular formula is C17H18F2N4O3. The predicted molar refractivity (Wildman–Crippen MR) is 91.7 cm³/mol. The maximum atomic E-state index is 13.6. The fourth-order valence-electron chi connectivity index (χ4n) is 2.22. The Balaban J connectivity index is 2.11. The first-order valence-electron chi connectivity index (χ1n) is 7.71. The molecule has 2 rings (SSSR count). The average molecular weight is 364 g/mol. The van der Waals surface area contributed by atoms with Gasteiger partial charge in [0.05, 0.1) is 0 Å². The van der Waals surface area contributed by atoms with Crippen LogP contribution < -0.4 is 21.5 Å². The van der Waals surface area contributed by atoms with Crippen LogP contribution >= 0.6 is 0 Å². The van der Waals surface area contributed by atoms with Crippen LogP contribution in [0.15, 0.2) is 35.1 Å². The lowest BCUT2D eigenvalue weighted by Crippen LogP contribution is -2.35. The van der Waals surface area contributed by atoms with Crippen molar-refractivity contribution in [2.75, 3.05) is 12.4 Å². The van der Waals surface area contributed by atoms with Gasteiger partial charge in [-0.15, -0.1) is 0 Å². The number of carbonyl (C=O) groups excluding carboxylic acids is 2. The monoisotopic (exact) mass is 364 g/mol. The number of benzene rings is 1. The zero-order valence-corrected chi connectivity index (χ0v) is 14.2. The van der Waals surface area contributed by atoms with Crippen LogP contribution in [0.25, 0.3) is 0 Å². The molecule has 1 aromatic heterocycles. The van der Waals surface area contributed by atoms with E-state index in [0.29, 0.717) is 5.69 Å². The summed E-state index contributed by atoms with van der Waals surface area (Å²) in [5.74, 6) is -1.82. The van der Waals surface area contributed by atoms with Crippen LogP contribution in [0.4, 0.5) is 19.3 Å². The van der Waals surface area contributed by atoms with Crippen LogP contribution in [-0.2, 0) is 17.9 Å². The van der Waals surface area contributed by atoms with E-state index in [1.165, 1.54) is 17.7 Å². The van der Waals surface area contributed by atoms with Crippen molar-refractivity contribution >= 4 is 17.6 Å². The maximum absolute atomic E-state index is 13.6. The minimum absolute atomic E-state index is 0.00236. The summed E-state index contributed by atoms with van der Waals surface area (Å²) in [5.41, 5.74) is -0.0402. The number of urea groups is 1. The number of aromatic nitrogens is 1. The van der Waals surface area contributed by atoms with Gasteiger partial charge in [-0.05, 0) is 37.3 Å². The molecule has 0 bridgehead atoms. The van der Waals surface area contributed by atoms with Crippen LogP contribution in [0, 0.1) is 18.6 Å². The Morgan fingerprint density at radius 3 is 2.58 bits per heavy atom. The Hall–Kier alpha value is -3.23. The van der Waals surface area contributed by atoms with Crippen LogP contribution in [0.1, 0.15) is 11.3 Å². The van der Waals surface area contributed by atoms with Crippen LogP contribution in [0.5, 0.6) is 0 Å². The molecule has 3 N–H and O–H groups in total. The Morgan fingerprint density at radius 1 is 1.15 bits per heavy atom. The number of aryl methyl sites for hydroxylation is 1. The highest BCUT2D eigenvalue weighted by Crippen LogP contribution is 2.09. The first-order chi connectivity index (χ1) is 12.3. The van der Waals surface area contributed by atoms with E-state index in [4.69, 9.17) is 0 Å². The number of hydrogen-bond acceptors (Lipinski definition) is 3. The minimum Gasteiger partial charge on any atom is -0.350 e. The van der Waals surface area contributed by atoms with Crippen molar-refractivity contribution in [2.24, 2.45) is 0 Å². The van der Waals surface area contributed by atoms with Crippen molar-refractivity contribution in [3.05, 3.63) is 63.6 Å². The number of rotatable bonds is 5. The molecule has 0 saturated carbocycles. The lowest BCUT2D eigenvalue weighted by molar-refractivity contribution is -0.121. The lowest BCUT2D eigenvalue weighted by Gasteiger charge is -2.13. The fourth-order valence-corrected chi connectivity index (χ4v) is 2.22. The summed E-state index contributed by atoms with van der Waals surface area (Å²) < 4.78 is 27.9. The van der Waals surface area contributed by atoms with E-state index in [1.54, 1.807) is 13.0 Å². The van der Waals surface area contributed by atoms with E-state index >= 15 is 0 Å². The fraction of sp³-hybridized carbons (Fsp3) is 0.235. The minimum atomic E-state index is -0.642. The van der Waals surface area contributed by atoms with Crippen molar-refractivity contribution < 1.29 is 18.4 Å². The Kier molecular flexibility index (Phi) is 6.05. The molecule has 0 aliphatic rings. The number of halogens is 2. The van der Waals surface area contributed by atoms with Gasteiger partial charge >= 0.3 is 6.03 Å². The summed E-state index contributed by atoms with van der Waals surface area (Å²) in [6.07, 6.45) is 0. The van der Waals surface area contributed by atoms with E-state index in [-0.39, 0.29) is 24.3 Å². The van der Waals surface area contributed by atoms with Crippen molar-refractivity contribution in [2.45, 2.75) is 20.0 Å². The van der Waals surface area contributed by atoms with E-state index in [9.17, 15) is 23.2 Å². The second-order valence-corrected chi connectivity index (χ2v) is 5.50. The number of carbonyl (C=O) groups is 2. The second kappa shape index (κ2) is 8.24. The molecule has 3 amide bonds. The summed E-state index contributed by atoms with van der Waals surface area (Å²) in [5, 5.41) is 7.12. The summed E-state index contributed by atoms with van der Waals surface area (Å²) in [6.45, 7) is 1.09. The molecule has 2 aromatic rings. The molecule has 0 radical (unpaired) electrons. The number of amides is 3. The van der Waals surface area contributed by atoms with E-state index < -0.39 is 29.1 Å². The van der Waals surface area contributed by atoms with Crippen LogP contribution in [-0.4, -0.2) is 23.6 Å². The van der Waals surface area contributed by atoms with Gasteiger partial charge in [0.1, 0.15) is 23.9 Å².